The minimum Gasteiger partial charge on any atom is -0.372 e. The Morgan fingerprint density at radius 2 is 1.61 bits per heavy atom. The number of benzene rings is 1. The number of nitrogens with zero attached hydrogens (tertiary/aromatic N) is 6. The van der Waals surface area contributed by atoms with E-state index in [4.69, 9.17) is 0 Å². The maximum Gasteiger partial charge on any atom is 0.289 e. The second-order valence-corrected chi connectivity index (χ2v) is 8.50. The molecule has 0 atom stereocenters. The van der Waals surface area contributed by atoms with E-state index in [0.29, 0.717) is 12.2 Å². The summed E-state index contributed by atoms with van der Waals surface area (Å²) in [5, 5.41) is 8.31. The third-order valence-corrected chi connectivity index (χ3v) is 6.19. The van der Waals surface area contributed by atoms with Gasteiger partial charge in [-0.05, 0) is 49.8 Å². The first-order valence-electron chi connectivity index (χ1n) is 11.3. The van der Waals surface area contributed by atoms with Crippen LogP contribution < -0.4 is 15.1 Å². The molecule has 5 rings (SSSR count). The molecule has 0 bridgehead atoms. The zero-order chi connectivity index (χ0) is 21.2. The molecule has 1 N–H and O–H groups in total. The van der Waals surface area contributed by atoms with Crippen LogP contribution in [-0.2, 0) is 13.6 Å². The number of amides is 1. The van der Waals surface area contributed by atoms with E-state index in [1.165, 1.54) is 24.9 Å². The van der Waals surface area contributed by atoms with Crippen LogP contribution in [0, 0.1) is 0 Å². The monoisotopic (exact) mass is 419 g/mol. The fourth-order valence-electron chi connectivity index (χ4n) is 4.51. The van der Waals surface area contributed by atoms with Gasteiger partial charge in [-0.25, -0.2) is 9.97 Å². The van der Waals surface area contributed by atoms with Crippen molar-refractivity contribution in [1.29, 1.82) is 0 Å². The minimum atomic E-state index is -0.269. The summed E-state index contributed by atoms with van der Waals surface area (Å²) >= 11 is 0. The summed E-state index contributed by atoms with van der Waals surface area (Å²) in [6, 6.07) is 8.43. The molecule has 2 fully saturated rings. The van der Waals surface area contributed by atoms with Gasteiger partial charge < -0.3 is 15.1 Å². The van der Waals surface area contributed by atoms with E-state index in [9.17, 15) is 4.79 Å². The Labute approximate surface area is 182 Å². The van der Waals surface area contributed by atoms with E-state index >= 15 is 0 Å². The van der Waals surface area contributed by atoms with Crippen LogP contribution in [0.5, 0.6) is 0 Å². The predicted octanol–water partition coefficient (Wildman–Crippen LogP) is 2.88. The molecule has 0 saturated carbocycles. The highest BCUT2D eigenvalue weighted by Gasteiger charge is 2.21. The number of hydrogen-bond acceptors (Lipinski definition) is 6. The lowest BCUT2D eigenvalue weighted by atomic mass is 10.1. The number of piperidine rings is 1. The smallest absolute Gasteiger partial charge is 0.289 e. The summed E-state index contributed by atoms with van der Waals surface area (Å²) < 4.78 is 1.73. The predicted molar refractivity (Wildman–Crippen MR) is 121 cm³/mol. The molecule has 0 radical (unpaired) electrons. The van der Waals surface area contributed by atoms with Gasteiger partial charge in [0, 0.05) is 51.7 Å². The van der Waals surface area contributed by atoms with Crippen LogP contribution in [0.25, 0.3) is 11.0 Å². The van der Waals surface area contributed by atoms with Gasteiger partial charge in [-0.3, -0.25) is 9.48 Å². The molecule has 4 heterocycles. The van der Waals surface area contributed by atoms with E-state index in [1.807, 2.05) is 13.2 Å². The first kappa shape index (κ1) is 19.8. The molecule has 31 heavy (non-hydrogen) atoms. The molecule has 1 aromatic carbocycles. The maximum atomic E-state index is 12.9. The summed E-state index contributed by atoms with van der Waals surface area (Å²) in [5.74, 6) is 0.729. The molecule has 2 saturated heterocycles. The number of aryl methyl sites for hydroxylation is 1. The molecule has 8 heteroatoms. The van der Waals surface area contributed by atoms with Crippen LogP contribution in [0.15, 0.2) is 30.5 Å². The van der Waals surface area contributed by atoms with Gasteiger partial charge in [-0.2, -0.15) is 5.10 Å². The van der Waals surface area contributed by atoms with Crippen molar-refractivity contribution in [3.8, 4) is 0 Å². The highest BCUT2D eigenvalue weighted by Crippen LogP contribution is 2.26. The van der Waals surface area contributed by atoms with E-state index in [-0.39, 0.29) is 11.7 Å². The fourth-order valence-corrected chi connectivity index (χ4v) is 4.51. The molecule has 8 nitrogen and oxygen atoms in total. The topological polar surface area (TPSA) is 79.2 Å². The van der Waals surface area contributed by atoms with Crippen molar-refractivity contribution in [3.63, 3.8) is 0 Å². The molecule has 2 aliphatic heterocycles. The largest absolute Gasteiger partial charge is 0.372 e. The Kier molecular flexibility index (Phi) is 5.44. The molecule has 2 aromatic heterocycles. The molecule has 162 valence electrons. The van der Waals surface area contributed by atoms with Crippen molar-refractivity contribution in [2.24, 2.45) is 7.05 Å². The number of fused-ring (bicyclic) bond motifs is 1. The van der Waals surface area contributed by atoms with Gasteiger partial charge in [0.15, 0.2) is 5.65 Å². The lowest BCUT2D eigenvalue weighted by Crippen LogP contribution is -2.32. The molecular weight excluding hydrogens is 390 g/mol. The van der Waals surface area contributed by atoms with E-state index in [1.54, 1.807) is 4.68 Å². The quantitative estimate of drug-likeness (QED) is 0.685. The van der Waals surface area contributed by atoms with Crippen molar-refractivity contribution >= 4 is 28.4 Å². The van der Waals surface area contributed by atoms with E-state index in [0.717, 1.165) is 55.8 Å². The molecule has 1 amide bonds. The maximum absolute atomic E-state index is 12.9. The Morgan fingerprint density at radius 3 is 2.35 bits per heavy atom. The SMILES string of the molecule is Cn1cc2c(N3CCCCC3)nc(C(=O)NCc3ccc(N4CCCC4)cc3)nc2n1. The Bertz CT molecular complexity index is 1060. The fraction of sp³-hybridized carbons (Fsp3) is 0.478. The van der Waals surface area contributed by atoms with Gasteiger partial charge in [-0.15, -0.1) is 0 Å². The molecular formula is C23H29N7O. The highest BCUT2D eigenvalue weighted by atomic mass is 16.2. The minimum absolute atomic E-state index is 0.181. The molecule has 0 unspecified atom stereocenters. The number of carbonyl (C=O) groups is 1. The summed E-state index contributed by atoms with van der Waals surface area (Å²) in [6.07, 6.45) is 7.97. The summed E-state index contributed by atoms with van der Waals surface area (Å²) in [5.41, 5.74) is 2.88. The molecule has 0 aliphatic carbocycles. The van der Waals surface area contributed by atoms with Crippen molar-refractivity contribution in [2.75, 3.05) is 36.0 Å². The number of rotatable bonds is 5. The van der Waals surface area contributed by atoms with Crippen LogP contribution in [0.3, 0.4) is 0 Å². The second kappa shape index (κ2) is 8.53. The Morgan fingerprint density at radius 1 is 0.935 bits per heavy atom. The average Bonchev–Trinajstić information content (AvgIpc) is 3.47. The molecule has 3 aromatic rings. The molecule has 2 aliphatic rings. The lowest BCUT2D eigenvalue weighted by Gasteiger charge is -2.28. The molecule has 0 spiro atoms. The van der Waals surface area contributed by atoms with Crippen LogP contribution >= 0.6 is 0 Å². The van der Waals surface area contributed by atoms with Crippen LogP contribution in [0.2, 0.25) is 0 Å². The van der Waals surface area contributed by atoms with Gasteiger partial charge in [0.05, 0.1) is 5.39 Å². The summed E-state index contributed by atoms with van der Waals surface area (Å²) in [7, 11) is 1.87. The van der Waals surface area contributed by atoms with Crippen LogP contribution in [-0.4, -0.2) is 51.8 Å². The highest BCUT2D eigenvalue weighted by molar-refractivity contribution is 5.95. The number of nitrogens with one attached hydrogen (secondary N) is 1. The van der Waals surface area contributed by atoms with Gasteiger partial charge >= 0.3 is 0 Å². The lowest BCUT2D eigenvalue weighted by molar-refractivity contribution is 0.0941. The van der Waals surface area contributed by atoms with E-state index in [2.05, 4.69) is 54.4 Å². The third kappa shape index (κ3) is 4.19. The van der Waals surface area contributed by atoms with E-state index < -0.39 is 0 Å². The van der Waals surface area contributed by atoms with Crippen molar-refractivity contribution < 1.29 is 4.79 Å². The number of hydrogen-bond donors (Lipinski definition) is 1. The van der Waals surface area contributed by atoms with Gasteiger partial charge in [-0.1, -0.05) is 12.1 Å². The Balaban J connectivity index is 1.32. The zero-order valence-electron chi connectivity index (χ0n) is 18.0. The summed E-state index contributed by atoms with van der Waals surface area (Å²) in [4.78, 5) is 26.6. The first-order chi connectivity index (χ1) is 15.2. The normalized spacial score (nSPS) is 16.8. The van der Waals surface area contributed by atoms with Crippen molar-refractivity contribution in [3.05, 3.63) is 41.9 Å². The number of aromatic nitrogens is 4. The zero-order valence-corrected chi connectivity index (χ0v) is 18.0. The van der Waals surface area contributed by atoms with Gasteiger partial charge in [0.2, 0.25) is 5.82 Å². The van der Waals surface area contributed by atoms with Gasteiger partial charge in [0.25, 0.3) is 5.91 Å². The first-order valence-corrected chi connectivity index (χ1v) is 11.3. The standard InChI is InChI=1S/C23H29N7O/c1-28-16-19-20(27-28)25-21(26-22(19)30-13-3-2-4-14-30)23(31)24-15-17-7-9-18(10-8-17)29-11-5-6-12-29/h7-10,16H,2-6,11-15H2,1H3,(H,24,31). The van der Waals surface area contributed by atoms with Gasteiger partial charge in [0.1, 0.15) is 5.82 Å². The number of anilines is 2. The number of carbonyl (C=O) groups excluding carboxylic acids is 1. The Hall–Kier alpha value is -3.16. The van der Waals surface area contributed by atoms with Crippen LogP contribution in [0.1, 0.15) is 48.3 Å². The average molecular weight is 420 g/mol. The van der Waals surface area contributed by atoms with Crippen molar-refractivity contribution in [1.82, 2.24) is 25.1 Å². The second-order valence-electron chi connectivity index (χ2n) is 8.50. The van der Waals surface area contributed by atoms with Crippen molar-refractivity contribution in [2.45, 2.75) is 38.6 Å². The van der Waals surface area contributed by atoms with Crippen LogP contribution in [0.4, 0.5) is 11.5 Å². The summed E-state index contributed by atoms with van der Waals surface area (Å²) in [6.45, 7) is 4.60. The third-order valence-electron chi connectivity index (χ3n) is 6.19.